The quantitative estimate of drug-likeness (QED) is 0.481. The molecule has 0 saturated carbocycles. The second-order valence-electron chi connectivity index (χ2n) is 6.74. The van der Waals surface area contributed by atoms with Gasteiger partial charge in [-0.05, 0) is 17.7 Å². The molecule has 1 amide bonds. The molecule has 3 heterocycles. The van der Waals surface area contributed by atoms with Crippen molar-refractivity contribution in [3.8, 4) is 5.75 Å². The molecule has 4 rings (SSSR count). The number of nitrogens with zero attached hydrogens (tertiary/aromatic N) is 4. The third kappa shape index (κ3) is 3.16. The van der Waals surface area contributed by atoms with Gasteiger partial charge in [0, 0.05) is 37.8 Å². The summed E-state index contributed by atoms with van der Waals surface area (Å²) < 4.78 is 0. The number of phenolic OH excluding ortho intramolecular Hbond substituents is 1. The van der Waals surface area contributed by atoms with E-state index in [1.165, 1.54) is 11.0 Å². The average molecular weight is 401 g/mol. The molecule has 2 aromatic rings. The molecule has 1 saturated heterocycles. The summed E-state index contributed by atoms with van der Waals surface area (Å²) in [6.45, 7) is 1.24. The van der Waals surface area contributed by atoms with Crippen molar-refractivity contribution in [2.45, 2.75) is 18.9 Å². The average Bonchev–Trinajstić information content (AvgIpc) is 3.08. The van der Waals surface area contributed by atoms with Crippen molar-refractivity contribution in [2.24, 2.45) is 0 Å². The van der Waals surface area contributed by atoms with Crippen molar-refractivity contribution in [1.82, 2.24) is 14.8 Å². The van der Waals surface area contributed by atoms with Crippen LogP contribution in [0.1, 0.15) is 23.5 Å². The first-order chi connectivity index (χ1) is 13.5. The molecule has 9 heteroatoms. The van der Waals surface area contributed by atoms with E-state index in [1.54, 1.807) is 36.5 Å². The molecule has 0 spiro atoms. The number of nitro groups is 1. The zero-order valence-electron chi connectivity index (χ0n) is 14.8. The van der Waals surface area contributed by atoms with Crippen LogP contribution in [0.5, 0.6) is 5.75 Å². The standard InChI is InChI=1S/C19H17ClN4O4/c20-16-6-5-12(10-21-16)11-22-7-8-23-17(26)9-14(18(19(22)23)24(27)28)13-3-1-2-4-15(13)25/h1-6,10,14,25H,7-9,11H2. The Morgan fingerprint density at radius 1 is 1.25 bits per heavy atom. The maximum absolute atomic E-state index is 12.7. The van der Waals surface area contributed by atoms with Gasteiger partial charge in [-0.2, -0.15) is 0 Å². The molecular formula is C19H17ClN4O4. The van der Waals surface area contributed by atoms with E-state index in [0.717, 1.165) is 5.56 Å². The number of fused-ring (bicyclic) bond motifs is 1. The Labute approximate surface area is 165 Å². The van der Waals surface area contributed by atoms with Crippen LogP contribution in [0.25, 0.3) is 0 Å². The summed E-state index contributed by atoms with van der Waals surface area (Å²) in [5, 5.41) is 22.6. The number of para-hydroxylation sites is 1. The minimum atomic E-state index is -0.807. The molecule has 2 aliphatic heterocycles. The summed E-state index contributed by atoms with van der Waals surface area (Å²) in [7, 11) is 0. The van der Waals surface area contributed by atoms with Gasteiger partial charge in [-0.15, -0.1) is 0 Å². The number of halogens is 1. The van der Waals surface area contributed by atoms with Crippen molar-refractivity contribution in [1.29, 1.82) is 0 Å². The highest BCUT2D eigenvalue weighted by Gasteiger charge is 2.47. The van der Waals surface area contributed by atoms with Gasteiger partial charge in [-0.1, -0.05) is 35.9 Å². The fourth-order valence-electron chi connectivity index (χ4n) is 3.81. The first kappa shape index (κ1) is 18.2. The molecule has 1 N–H and O–H groups in total. The highest BCUT2D eigenvalue weighted by atomic mass is 35.5. The Morgan fingerprint density at radius 2 is 2.04 bits per heavy atom. The van der Waals surface area contributed by atoms with Crippen molar-refractivity contribution in [3.63, 3.8) is 0 Å². The third-order valence-corrected chi connectivity index (χ3v) is 5.28. The first-order valence-electron chi connectivity index (χ1n) is 8.78. The number of carbonyl (C=O) groups is 1. The number of hydrogen-bond donors (Lipinski definition) is 1. The Hall–Kier alpha value is -3.13. The Kier molecular flexibility index (Phi) is 4.64. The van der Waals surface area contributed by atoms with Crippen LogP contribution in [-0.4, -0.2) is 43.8 Å². The van der Waals surface area contributed by atoms with Crippen LogP contribution in [0.3, 0.4) is 0 Å². The van der Waals surface area contributed by atoms with E-state index in [4.69, 9.17) is 11.6 Å². The normalized spacial score (nSPS) is 19.2. The molecule has 1 aromatic carbocycles. The monoisotopic (exact) mass is 400 g/mol. The molecule has 8 nitrogen and oxygen atoms in total. The SMILES string of the molecule is O=C1CC(c2ccccc2O)C([N+](=O)[O-])=C2N(Cc3ccc(Cl)nc3)CCN12. The van der Waals surface area contributed by atoms with Gasteiger partial charge in [-0.3, -0.25) is 19.8 Å². The number of aromatic hydroxyl groups is 1. The summed E-state index contributed by atoms with van der Waals surface area (Å²) >= 11 is 5.82. The number of amides is 1. The topological polar surface area (TPSA) is 99.8 Å². The van der Waals surface area contributed by atoms with Crippen molar-refractivity contribution < 1.29 is 14.8 Å². The van der Waals surface area contributed by atoms with Gasteiger partial charge < -0.3 is 10.0 Å². The number of carbonyl (C=O) groups excluding carboxylic acids is 1. The maximum Gasteiger partial charge on any atom is 0.294 e. The van der Waals surface area contributed by atoms with Gasteiger partial charge in [0.05, 0.1) is 10.8 Å². The number of pyridine rings is 1. The first-order valence-corrected chi connectivity index (χ1v) is 9.15. The molecular weight excluding hydrogens is 384 g/mol. The Bertz CT molecular complexity index is 976. The molecule has 1 unspecified atom stereocenters. The van der Waals surface area contributed by atoms with Crippen molar-refractivity contribution in [2.75, 3.05) is 13.1 Å². The summed E-state index contributed by atoms with van der Waals surface area (Å²) in [5.41, 5.74) is 1.15. The lowest BCUT2D eigenvalue weighted by Gasteiger charge is -2.30. The molecule has 2 aliphatic rings. The molecule has 0 aliphatic carbocycles. The van der Waals surface area contributed by atoms with Gasteiger partial charge in [-0.25, -0.2) is 4.98 Å². The predicted molar refractivity (Wildman–Crippen MR) is 101 cm³/mol. The number of rotatable bonds is 4. The molecule has 0 radical (unpaired) electrons. The lowest BCUT2D eigenvalue weighted by molar-refractivity contribution is -0.434. The van der Waals surface area contributed by atoms with E-state index in [0.29, 0.717) is 36.2 Å². The third-order valence-electron chi connectivity index (χ3n) is 5.06. The zero-order valence-corrected chi connectivity index (χ0v) is 15.5. The van der Waals surface area contributed by atoms with E-state index in [-0.39, 0.29) is 23.8 Å². The van der Waals surface area contributed by atoms with Crippen LogP contribution in [-0.2, 0) is 11.3 Å². The summed E-state index contributed by atoms with van der Waals surface area (Å²) in [5.74, 6) is -0.755. The number of benzene rings is 1. The Balaban J connectivity index is 1.78. The van der Waals surface area contributed by atoms with E-state index in [1.807, 2.05) is 4.90 Å². The molecule has 1 atom stereocenters. The van der Waals surface area contributed by atoms with E-state index in [9.17, 15) is 20.0 Å². The minimum Gasteiger partial charge on any atom is -0.508 e. The van der Waals surface area contributed by atoms with Gasteiger partial charge in [0.2, 0.25) is 5.91 Å². The van der Waals surface area contributed by atoms with Crippen molar-refractivity contribution in [3.05, 3.63) is 80.5 Å². The van der Waals surface area contributed by atoms with Crippen LogP contribution in [0.15, 0.2) is 54.1 Å². The fourth-order valence-corrected chi connectivity index (χ4v) is 3.92. The summed E-state index contributed by atoms with van der Waals surface area (Å²) in [6, 6.07) is 9.89. The van der Waals surface area contributed by atoms with Crippen LogP contribution in [0, 0.1) is 10.1 Å². The lowest BCUT2D eigenvalue weighted by Crippen LogP contribution is -2.38. The largest absolute Gasteiger partial charge is 0.508 e. The molecule has 0 bridgehead atoms. The lowest BCUT2D eigenvalue weighted by atomic mass is 9.88. The summed E-state index contributed by atoms with van der Waals surface area (Å²) in [4.78, 5) is 31.6. The molecule has 1 fully saturated rings. The number of allylic oxidation sites excluding steroid dienone is 1. The van der Waals surface area contributed by atoms with Gasteiger partial charge in [0.25, 0.3) is 5.70 Å². The van der Waals surface area contributed by atoms with Gasteiger partial charge in [0.15, 0.2) is 5.82 Å². The summed E-state index contributed by atoms with van der Waals surface area (Å²) in [6.07, 6.45) is 1.57. The van der Waals surface area contributed by atoms with Crippen LogP contribution < -0.4 is 0 Å². The molecule has 28 heavy (non-hydrogen) atoms. The maximum atomic E-state index is 12.7. The molecule has 144 valence electrons. The smallest absolute Gasteiger partial charge is 0.294 e. The highest BCUT2D eigenvalue weighted by molar-refractivity contribution is 6.29. The van der Waals surface area contributed by atoms with Crippen LogP contribution in [0.2, 0.25) is 5.15 Å². The van der Waals surface area contributed by atoms with Crippen LogP contribution in [0.4, 0.5) is 0 Å². The van der Waals surface area contributed by atoms with E-state index >= 15 is 0 Å². The van der Waals surface area contributed by atoms with Gasteiger partial charge in [0.1, 0.15) is 10.9 Å². The number of phenols is 1. The Morgan fingerprint density at radius 3 is 2.71 bits per heavy atom. The van der Waals surface area contributed by atoms with Crippen molar-refractivity contribution >= 4 is 17.5 Å². The fraction of sp³-hybridized carbons (Fsp3) is 0.263. The van der Waals surface area contributed by atoms with Crippen LogP contribution >= 0.6 is 11.6 Å². The zero-order chi connectivity index (χ0) is 19.8. The number of hydrogen-bond acceptors (Lipinski definition) is 6. The minimum absolute atomic E-state index is 0.0479. The predicted octanol–water partition coefficient (Wildman–Crippen LogP) is 2.72. The second-order valence-corrected chi connectivity index (χ2v) is 7.12. The van der Waals surface area contributed by atoms with E-state index < -0.39 is 10.8 Å². The molecule has 1 aromatic heterocycles. The number of aromatic nitrogens is 1. The second kappa shape index (κ2) is 7.12. The van der Waals surface area contributed by atoms with Gasteiger partial charge >= 0.3 is 0 Å². The van der Waals surface area contributed by atoms with E-state index in [2.05, 4.69) is 4.98 Å². The highest BCUT2D eigenvalue weighted by Crippen LogP contribution is 2.42.